The monoisotopic (exact) mass is 216 g/mol. The molecule has 1 aliphatic rings. The lowest BCUT2D eigenvalue weighted by Crippen LogP contribution is -2.55. The highest BCUT2D eigenvalue weighted by molar-refractivity contribution is 6.23. The summed E-state index contributed by atoms with van der Waals surface area (Å²) in [7, 11) is 0. The molecular formula is C6H10Cl2O4. The Labute approximate surface area is 79.7 Å². The lowest BCUT2D eigenvalue weighted by molar-refractivity contribution is -0.239. The molecule has 0 bridgehead atoms. The van der Waals surface area contributed by atoms with E-state index >= 15 is 0 Å². The molecule has 4 nitrogen and oxygen atoms in total. The standard InChI is InChI=1S/C6H10Cl2O4/c7-1-2-3(8)4(9)5(10)6(11)12-2/h2-6,9-11H,1H2/t2-,3-,4+,5+,6-/m1/s1. The summed E-state index contributed by atoms with van der Waals surface area (Å²) >= 11 is 11.1. The van der Waals surface area contributed by atoms with Crippen LogP contribution in [0.2, 0.25) is 0 Å². The molecular weight excluding hydrogens is 207 g/mol. The first-order valence-electron chi connectivity index (χ1n) is 3.47. The molecule has 1 heterocycles. The Morgan fingerprint density at radius 3 is 2.25 bits per heavy atom. The zero-order chi connectivity index (χ0) is 9.30. The Kier molecular flexibility index (Phi) is 3.58. The Bertz CT molecular complexity index is 152. The SMILES string of the molecule is O[C@@H]1[C@H](O)[C@H](O)O[C@H](CCl)[C@H]1Cl. The van der Waals surface area contributed by atoms with Crippen LogP contribution in [0.1, 0.15) is 0 Å². The zero-order valence-electron chi connectivity index (χ0n) is 6.10. The second-order valence-corrected chi connectivity index (χ2v) is 3.46. The summed E-state index contributed by atoms with van der Waals surface area (Å²) in [6.45, 7) is 0. The van der Waals surface area contributed by atoms with Gasteiger partial charge in [-0.15, -0.1) is 23.2 Å². The van der Waals surface area contributed by atoms with E-state index in [4.69, 9.17) is 38.2 Å². The molecule has 6 heteroatoms. The molecule has 0 aromatic carbocycles. The van der Waals surface area contributed by atoms with Crippen molar-refractivity contribution in [1.82, 2.24) is 0 Å². The Morgan fingerprint density at radius 2 is 1.75 bits per heavy atom. The van der Waals surface area contributed by atoms with Crippen LogP contribution in [0.5, 0.6) is 0 Å². The molecule has 12 heavy (non-hydrogen) atoms. The average molecular weight is 217 g/mol. The Balaban J connectivity index is 2.63. The number of hydrogen-bond donors (Lipinski definition) is 3. The molecule has 5 atom stereocenters. The number of halogens is 2. The van der Waals surface area contributed by atoms with Gasteiger partial charge in [0.15, 0.2) is 6.29 Å². The van der Waals surface area contributed by atoms with Crippen molar-refractivity contribution in [2.75, 3.05) is 5.88 Å². The largest absolute Gasteiger partial charge is 0.389 e. The van der Waals surface area contributed by atoms with E-state index in [9.17, 15) is 5.11 Å². The minimum Gasteiger partial charge on any atom is -0.389 e. The van der Waals surface area contributed by atoms with Crippen molar-refractivity contribution in [2.24, 2.45) is 0 Å². The third-order valence-corrected chi connectivity index (χ3v) is 2.63. The molecule has 0 radical (unpaired) electrons. The maximum absolute atomic E-state index is 9.24. The molecule has 72 valence electrons. The Morgan fingerprint density at radius 1 is 1.17 bits per heavy atom. The van der Waals surface area contributed by atoms with Gasteiger partial charge < -0.3 is 20.1 Å². The molecule has 0 aromatic rings. The van der Waals surface area contributed by atoms with Crippen LogP contribution in [0, 0.1) is 0 Å². The predicted molar refractivity (Wildman–Crippen MR) is 43.3 cm³/mol. The molecule has 0 aliphatic carbocycles. The smallest absolute Gasteiger partial charge is 0.183 e. The van der Waals surface area contributed by atoms with Crippen molar-refractivity contribution in [1.29, 1.82) is 0 Å². The Hall–Kier alpha value is 0.420. The summed E-state index contributed by atoms with van der Waals surface area (Å²) in [5.74, 6) is 0.0645. The second kappa shape index (κ2) is 4.09. The van der Waals surface area contributed by atoms with E-state index in [1.165, 1.54) is 0 Å². The van der Waals surface area contributed by atoms with Crippen LogP contribution in [-0.2, 0) is 4.74 Å². The highest BCUT2D eigenvalue weighted by Gasteiger charge is 2.42. The maximum Gasteiger partial charge on any atom is 0.183 e. The molecule has 3 N–H and O–H groups in total. The fraction of sp³-hybridized carbons (Fsp3) is 1.00. The lowest BCUT2D eigenvalue weighted by atomic mass is 10.0. The van der Waals surface area contributed by atoms with Gasteiger partial charge in [-0.1, -0.05) is 0 Å². The van der Waals surface area contributed by atoms with Crippen molar-refractivity contribution in [3.63, 3.8) is 0 Å². The zero-order valence-corrected chi connectivity index (χ0v) is 7.61. The molecule has 0 aromatic heterocycles. The summed E-state index contributed by atoms with van der Waals surface area (Å²) in [6.07, 6.45) is -4.63. The van der Waals surface area contributed by atoms with Gasteiger partial charge in [-0.3, -0.25) is 0 Å². The first-order chi connectivity index (χ1) is 5.57. The number of aliphatic hydroxyl groups excluding tert-OH is 3. The van der Waals surface area contributed by atoms with Gasteiger partial charge in [0.1, 0.15) is 12.2 Å². The predicted octanol–water partition coefficient (Wildman–Crippen LogP) is -0.728. The number of hydrogen-bond acceptors (Lipinski definition) is 4. The van der Waals surface area contributed by atoms with Crippen LogP contribution in [0.25, 0.3) is 0 Å². The topological polar surface area (TPSA) is 69.9 Å². The average Bonchev–Trinajstić information content (AvgIpc) is 2.08. The van der Waals surface area contributed by atoms with Crippen molar-refractivity contribution in [3.05, 3.63) is 0 Å². The van der Waals surface area contributed by atoms with Gasteiger partial charge in [0, 0.05) is 0 Å². The van der Waals surface area contributed by atoms with Crippen LogP contribution < -0.4 is 0 Å². The van der Waals surface area contributed by atoms with Gasteiger partial charge in [-0.2, -0.15) is 0 Å². The fourth-order valence-corrected chi connectivity index (χ4v) is 1.69. The first kappa shape index (κ1) is 10.5. The maximum atomic E-state index is 9.24. The van der Waals surface area contributed by atoms with Crippen molar-refractivity contribution < 1.29 is 20.1 Å². The molecule has 1 fully saturated rings. The molecule has 0 saturated carbocycles. The highest BCUT2D eigenvalue weighted by atomic mass is 35.5. The molecule has 0 spiro atoms. The van der Waals surface area contributed by atoms with E-state index in [2.05, 4.69) is 0 Å². The lowest BCUT2D eigenvalue weighted by Gasteiger charge is -2.37. The van der Waals surface area contributed by atoms with E-state index < -0.39 is 30.0 Å². The normalized spacial score (nSPS) is 49.2. The summed E-state index contributed by atoms with van der Waals surface area (Å²) in [4.78, 5) is 0. The first-order valence-corrected chi connectivity index (χ1v) is 4.44. The van der Waals surface area contributed by atoms with Crippen LogP contribution >= 0.6 is 23.2 Å². The van der Waals surface area contributed by atoms with Gasteiger partial charge in [-0.05, 0) is 0 Å². The summed E-state index contributed by atoms with van der Waals surface area (Å²) in [6, 6.07) is 0. The molecule has 0 amide bonds. The van der Waals surface area contributed by atoms with Crippen molar-refractivity contribution in [2.45, 2.75) is 30.0 Å². The minimum atomic E-state index is -1.42. The number of ether oxygens (including phenoxy) is 1. The van der Waals surface area contributed by atoms with Crippen LogP contribution in [0.15, 0.2) is 0 Å². The molecule has 1 saturated heterocycles. The van der Waals surface area contributed by atoms with Crippen LogP contribution in [0.3, 0.4) is 0 Å². The summed E-state index contributed by atoms with van der Waals surface area (Å²) < 4.78 is 4.81. The van der Waals surface area contributed by atoms with Crippen LogP contribution in [-0.4, -0.2) is 51.2 Å². The highest BCUT2D eigenvalue weighted by Crippen LogP contribution is 2.24. The third kappa shape index (κ3) is 1.84. The summed E-state index contributed by atoms with van der Waals surface area (Å²) in [5, 5.41) is 26.5. The van der Waals surface area contributed by atoms with E-state index in [0.717, 1.165) is 0 Å². The van der Waals surface area contributed by atoms with E-state index in [1.807, 2.05) is 0 Å². The second-order valence-electron chi connectivity index (χ2n) is 2.65. The minimum absolute atomic E-state index is 0.0645. The molecule has 0 unspecified atom stereocenters. The van der Waals surface area contributed by atoms with Gasteiger partial charge in [-0.25, -0.2) is 0 Å². The van der Waals surface area contributed by atoms with E-state index in [0.29, 0.717) is 0 Å². The quantitative estimate of drug-likeness (QED) is 0.506. The number of alkyl halides is 2. The summed E-state index contributed by atoms with van der Waals surface area (Å²) in [5.41, 5.74) is 0. The van der Waals surface area contributed by atoms with Crippen LogP contribution in [0.4, 0.5) is 0 Å². The fourth-order valence-electron chi connectivity index (χ4n) is 1.03. The van der Waals surface area contributed by atoms with Gasteiger partial charge in [0.2, 0.25) is 0 Å². The van der Waals surface area contributed by atoms with Gasteiger partial charge in [0.05, 0.1) is 17.4 Å². The van der Waals surface area contributed by atoms with E-state index in [1.54, 1.807) is 0 Å². The third-order valence-electron chi connectivity index (χ3n) is 1.79. The van der Waals surface area contributed by atoms with Crippen molar-refractivity contribution in [3.8, 4) is 0 Å². The van der Waals surface area contributed by atoms with Crippen molar-refractivity contribution >= 4 is 23.2 Å². The number of aliphatic hydroxyl groups is 3. The number of rotatable bonds is 1. The van der Waals surface area contributed by atoms with Gasteiger partial charge >= 0.3 is 0 Å². The van der Waals surface area contributed by atoms with E-state index in [-0.39, 0.29) is 5.88 Å². The molecule has 1 aliphatic heterocycles. The van der Waals surface area contributed by atoms with Gasteiger partial charge in [0.25, 0.3) is 0 Å². The molecule has 1 rings (SSSR count).